The Morgan fingerprint density at radius 1 is 1.30 bits per heavy atom. The van der Waals surface area contributed by atoms with E-state index in [1.165, 1.54) is 0 Å². The first-order chi connectivity index (χ1) is 9.43. The van der Waals surface area contributed by atoms with Crippen LogP contribution < -0.4 is 10.1 Å². The number of rotatable bonds is 3. The van der Waals surface area contributed by atoms with Gasteiger partial charge in [0.1, 0.15) is 17.8 Å². The lowest BCUT2D eigenvalue weighted by Crippen LogP contribution is -2.30. The van der Waals surface area contributed by atoms with E-state index >= 15 is 0 Å². The monoisotopic (exact) mass is 305 g/mol. The van der Waals surface area contributed by atoms with Gasteiger partial charge in [-0.15, -0.1) is 0 Å². The minimum atomic E-state index is -4.20. The summed E-state index contributed by atoms with van der Waals surface area (Å²) in [5.41, 5.74) is 0.415. The molecule has 0 radical (unpaired) electrons. The van der Waals surface area contributed by atoms with Gasteiger partial charge in [-0.1, -0.05) is 17.7 Å². The summed E-state index contributed by atoms with van der Waals surface area (Å²) < 4.78 is 43.9. The summed E-state index contributed by atoms with van der Waals surface area (Å²) >= 11 is 6.26. The smallest absolute Gasteiger partial charge is 0.397 e. The minimum absolute atomic E-state index is 0.142. The molecule has 3 rings (SSSR count). The molecule has 1 aliphatic carbocycles. The van der Waals surface area contributed by atoms with Crippen LogP contribution in [0, 0.1) is 5.41 Å². The lowest BCUT2D eigenvalue weighted by Gasteiger charge is -2.23. The van der Waals surface area contributed by atoms with Crippen LogP contribution in [0.5, 0.6) is 5.75 Å². The molecule has 0 saturated heterocycles. The molecular formula is C14H15ClF3NO. The van der Waals surface area contributed by atoms with E-state index in [0.717, 1.165) is 30.6 Å². The van der Waals surface area contributed by atoms with Gasteiger partial charge in [0.2, 0.25) is 0 Å². The van der Waals surface area contributed by atoms with Crippen LogP contribution in [0.15, 0.2) is 12.1 Å². The van der Waals surface area contributed by atoms with Crippen molar-refractivity contribution in [1.82, 2.24) is 5.32 Å². The van der Waals surface area contributed by atoms with Gasteiger partial charge in [-0.05, 0) is 43.0 Å². The minimum Gasteiger partial charge on any atom is -0.491 e. The highest BCUT2D eigenvalue weighted by Gasteiger charge is 2.63. The molecule has 1 saturated carbocycles. The molecule has 1 aromatic carbocycles. The number of benzene rings is 1. The highest BCUT2D eigenvalue weighted by atomic mass is 35.5. The fourth-order valence-corrected chi connectivity index (χ4v) is 2.83. The van der Waals surface area contributed by atoms with Gasteiger partial charge < -0.3 is 10.1 Å². The Kier molecular flexibility index (Phi) is 3.37. The zero-order valence-electron chi connectivity index (χ0n) is 10.8. The number of hydrogen-bond acceptors (Lipinski definition) is 2. The lowest BCUT2D eigenvalue weighted by atomic mass is 10.0. The average Bonchev–Trinajstić information content (AvgIpc) is 3.19. The van der Waals surface area contributed by atoms with Gasteiger partial charge in [-0.25, -0.2) is 0 Å². The molecule has 0 spiro atoms. The first-order valence-electron chi connectivity index (χ1n) is 6.63. The average molecular weight is 306 g/mol. The van der Waals surface area contributed by atoms with E-state index in [-0.39, 0.29) is 19.4 Å². The van der Waals surface area contributed by atoms with Crippen LogP contribution in [0.25, 0.3) is 0 Å². The molecule has 2 aliphatic rings. The van der Waals surface area contributed by atoms with Crippen LogP contribution in [-0.4, -0.2) is 19.3 Å². The summed E-state index contributed by atoms with van der Waals surface area (Å²) in [5.74, 6) is 0.364. The zero-order chi connectivity index (χ0) is 14.4. The normalized spacial score (nSPS) is 20.4. The van der Waals surface area contributed by atoms with Crippen molar-refractivity contribution in [2.45, 2.75) is 32.0 Å². The lowest BCUT2D eigenvalue weighted by molar-refractivity contribution is -0.194. The number of ether oxygens (including phenoxy) is 1. The van der Waals surface area contributed by atoms with Crippen molar-refractivity contribution < 1.29 is 17.9 Å². The predicted octanol–water partition coefficient (Wildman–Crippen LogP) is 3.71. The molecule has 2 nitrogen and oxygen atoms in total. The van der Waals surface area contributed by atoms with E-state index in [9.17, 15) is 13.2 Å². The summed E-state index contributed by atoms with van der Waals surface area (Å²) in [7, 11) is 0. The van der Waals surface area contributed by atoms with Crippen LogP contribution in [0.4, 0.5) is 13.2 Å². The van der Waals surface area contributed by atoms with Crippen LogP contribution in [0.2, 0.25) is 5.02 Å². The van der Waals surface area contributed by atoms with Gasteiger partial charge in [0.15, 0.2) is 0 Å². The first kappa shape index (κ1) is 14.0. The fourth-order valence-electron chi connectivity index (χ4n) is 2.50. The third kappa shape index (κ3) is 2.37. The molecule has 0 atom stereocenters. The SMILES string of the molecule is FC(F)(F)C1(COc2ccc3c(c2Cl)CCNC3)CC1. The number of fused-ring (bicyclic) bond motifs is 1. The van der Waals surface area contributed by atoms with E-state index in [2.05, 4.69) is 5.32 Å². The first-order valence-corrected chi connectivity index (χ1v) is 7.01. The van der Waals surface area contributed by atoms with E-state index < -0.39 is 11.6 Å². The molecule has 1 fully saturated rings. The molecular weight excluding hydrogens is 291 g/mol. The van der Waals surface area contributed by atoms with Gasteiger partial charge >= 0.3 is 6.18 Å². The largest absolute Gasteiger partial charge is 0.491 e. The van der Waals surface area contributed by atoms with Gasteiger partial charge in [-0.2, -0.15) is 13.2 Å². The topological polar surface area (TPSA) is 21.3 Å². The molecule has 0 bridgehead atoms. The molecule has 0 aromatic heterocycles. The highest BCUT2D eigenvalue weighted by molar-refractivity contribution is 6.33. The number of halogens is 4. The summed E-state index contributed by atoms with van der Waals surface area (Å²) in [5, 5.41) is 3.69. The Labute approximate surface area is 120 Å². The highest BCUT2D eigenvalue weighted by Crippen LogP contribution is 2.57. The maximum absolute atomic E-state index is 12.9. The van der Waals surface area contributed by atoms with E-state index in [4.69, 9.17) is 16.3 Å². The van der Waals surface area contributed by atoms with Gasteiger partial charge in [0.05, 0.1) is 5.02 Å². The van der Waals surface area contributed by atoms with E-state index in [1.54, 1.807) is 6.07 Å². The van der Waals surface area contributed by atoms with Crippen LogP contribution in [0.1, 0.15) is 24.0 Å². The Morgan fingerprint density at radius 3 is 2.70 bits per heavy atom. The maximum Gasteiger partial charge on any atom is 0.397 e. The van der Waals surface area contributed by atoms with Crippen LogP contribution in [-0.2, 0) is 13.0 Å². The standard InChI is InChI=1S/C14H15ClF3NO/c15-12-10-3-6-19-7-9(10)1-2-11(12)20-8-13(4-5-13)14(16,17)18/h1-2,19H,3-8H2. The molecule has 0 amide bonds. The second-order valence-electron chi connectivity index (χ2n) is 5.51. The Balaban J connectivity index is 1.76. The molecule has 1 heterocycles. The molecule has 110 valence electrons. The van der Waals surface area contributed by atoms with Crippen molar-refractivity contribution in [3.8, 4) is 5.75 Å². The van der Waals surface area contributed by atoms with Crippen molar-refractivity contribution in [1.29, 1.82) is 0 Å². The number of alkyl halides is 3. The molecule has 0 unspecified atom stereocenters. The van der Waals surface area contributed by atoms with Gasteiger partial charge in [-0.3, -0.25) is 0 Å². The number of nitrogens with one attached hydrogen (secondary N) is 1. The Morgan fingerprint density at radius 2 is 2.05 bits per heavy atom. The second kappa shape index (κ2) is 4.81. The second-order valence-corrected chi connectivity index (χ2v) is 5.89. The summed E-state index contributed by atoms with van der Waals surface area (Å²) in [4.78, 5) is 0. The van der Waals surface area contributed by atoms with Crippen molar-refractivity contribution >= 4 is 11.6 Å². The van der Waals surface area contributed by atoms with Crippen molar-refractivity contribution in [2.24, 2.45) is 5.41 Å². The quantitative estimate of drug-likeness (QED) is 0.919. The van der Waals surface area contributed by atoms with Crippen LogP contribution >= 0.6 is 11.6 Å². The maximum atomic E-state index is 12.9. The van der Waals surface area contributed by atoms with Crippen molar-refractivity contribution in [3.05, 3.63) is 28.3 Å². The fraction of sp³-hybridized carbons (Fsp3) is 0.571. The Hall–Kier alpha value is -0.940. The molecule has 1 N–H and O–H groups in total. The molecule has 20 heavy (non-hydrogen) atoms. The zero-order valence-corrected chi connectivity index (χ0v) is 11.6. The third-order valence-electron chi connectivity index (χ3n) is 4.13. The third-order valence-corrected chi connectivity index (χ3v) is 4.55. The van der Waals surface area contributed by atoms with E-state index in [0.29, 0.717) is 10.8 Å². The molecule has 1 aromatic rings. The Bertz CT molecular complexity index is 526. The van der Waals surface area contributed by atoms with Crippen molar-refractivity contribution in [3.63, 3.8) is 0 Å². The molecule has 1 aliphatic heterocycles. The van der Waals surface area contributed by atoms with Crippen molar-refractivity contribution in [2.75, 3.05) is 13.2 Å². The summed E-state index contributed by atoms with van der Waals surface area (Å²) in [6.07, 6.45) is -3.14. The molecule has 6 heteroatoms. The summed E-state index contributed by atoms with van der Waals surface area (Å²) in [6, 6.07) is 3.54. The van der Waals surface area contributed by atoms with E-state index in [1.807, 2.05) is 6.07 Å². The predicted molar refractivity (Wildman–Crippen MR) is 70.1 cm³/mol. The van der Waals surface area contributed by atoms with Gasteiger partial charge in [0.25, 0.3) is 0 Å². The van der Waals surface area contributed by atoms with Gasteiger partial charge in [0, 0.05) is 6.54 Å². The van der Waals surface area contributed by atoms with Crippen LogP contribution in [0.3, 0.4) is 0 Å². The number of hydrogen-bond donors (Lipinski definition) is 1. The summed E-state index contributed by atoms with van der Waals surface area (Å²) in [6.45, 7) is 1.22.